The minimum Gasteiger partial charge on any atom is -0.355 e. The third-order valence-corrected chi connectivity index (χ3v) is 6.74. The van der Waals surface area contributed by atoms with E-state index in [0.717, 1.165) is 16.1 Å². The molecular formula is C23H21N3O2S2. The number of thiophene rings is 1. The molecule has 2 aromatic heterocycles. The molecule has 4 rings (SSSR count). The molecule has 152 valence electrons. The van der Waals surface area contributed by atoms with Crippen molar-refractivity contribution in [1.29, 1.82) is 0 Å². The topological polar surface area (TPSA) is 64.0 Å². The van der Waals surface area contributed by atoms with Gasteiger partial charge in [-0.05, 0) is 37.6 Å². The molecule has 1 atom stereocenters. The molecule has 1 N–H and O–H groups in total. The van der Waals surface area contributed by atoms with E-state index in [0.29, 0.717) is 21.9 Å². The standard InChI is InChI=1S/C23H21N3O2S2/c1-3-24-20(27)15(2)29-23-25-21-18(14-19(30-21)16-10-6-4-7-11-16)22(28)26(23)17-12-8-5-9-13-17/h4-15H,3H2,1-2H3,(H,24,27). The first-order chi connectivity index (χ1) is 14.6. The van der Waals surface area contributed by atoms with Crippen LogP contribution in [0.25, 0.3) is 26.3 Å². The maximum Gasteiger partial charge on any atom is 0.267 e. The minimum absolute atomic E-state index is 0.0763. The van der Waals surface area contributed by atoms with E-state index >= 15 is 0 Å². The van der Waals surface area contributed by atoms with Crippen LogP contribution in [0.3, 0.4) is 0 Å². The number of fused-ring (bicyclic) bond motifs is 1. The quantitative estimate of drug-likeness (QED) is 0.351. The second-order valence-electron chi connectivity index (χ2n) is 6.72. The Kier molecular flexibility index (Phi) is 6.01. The Morgan fingerprint density at radius 2 is 1.80 bits per heavy atom. The number of aromatic nitrogens is 2. The number of carbonyl (C=O) groups is 1. The van der Waals surface area contributed by atoms with Gasteiger partial charge in [-0.15, -0.1) is 11.3 Å². The maximum absolute atomic E-state index is 13.5. The molecule has 7 heteroatoms. The van der Waals surface area contributed by atoms with E-state index in [2.05, 4.69) is 5.32 Å². The molecule has 0 aliphatic rings. The van der Waals surface area contributed by atoms with Crippen molar-refractivity contribution in [2.45, 2.75) is 24.3 Å². The van der Waals surface area contributed by atoms with Gasteiger partial charge in [-0.2, -0.15) is 0 Å². The normalized spacial score (nSPS) is 12.1. The van der Waals surface area contributed by atoms with Crippen molar-refractivity contribution >= 4 is 39.2 Å². The molecule has 0 aliphatic heterocycles. The number of thioether (sulfide) groups is 1. The van der Waals surface area contributed by atoms with Gasteiger partial charge >= 0.3 is 0 Å². The third-order valence-electron chi connectivity index (χ3n) is 4.61. The Labute approximate surface area is 182 Å². The van der Waals surface area contributed by atoms with E-state index in [1.807, 2.05) is 80.6 Å². The minimum atomic E-state index is -0.377. The summed E-state index contributed by atoms with van der Waals surface area (Å²) in [7, 11) is 0. The zero-order valence-electron chi connectivity index (χ0n) is 16.7. The highest BCUT2D eigenvalue weighted by molar-refractivity contribution is 8.00. The lowest BCUT2D eigenvalue weighted by atomic mass is 10.2. The van der Waals surface area contributed by atoms with E-state index in [-0.39, 0.29) is 16.7 Å². The molecular weight excluding hydrogens is 414 g/mol. The zero-order valence-corrected chi connectivity index (χ0v) is 18.3. The Morgan fingerprint density at radius 3 is 2.47 bits per heavy atom. The monoisotopic (exact) mass is 435 g/mol. The fourth-order valence-corrected chi connectivity index (χ4v) is 5.15. The van der Waals surface area contributed by atoms with Gasteiger partial charge in [0.25, 0.3) is 5.56 Å². The van der Waals surface area contributed by atoms with Gasteiger partial charge in [-0.3, -0.25) is 14.2 Å². The highest BCUT2D eigenvalue weighted by atomic mass is 32.2. The number of rotatable bonds is 6. The van der Waals surface area contributed by atoms with Gasteiger partial charge in [0.2, 0.25) is 5.91 Å². The van der Waals surface area contributed by atoms with Crippen molar-refractivity contribution in [1.82, 2.24) is 14.9 Å². The van der Waals surface area contributed by atoms with Crippen LogP contribution in [0.2, 0.25) is 0 Å². The summed E-state index contributed by atoms with van der Waals surface area (Å²) in [5, 5.41) is 3.55. The van der Waals surface area contributed by atoms with Crippen molar-refractivity contribution in [3.8, 4) is 16.1 Å². The van der Waals surface area contributed by atoms with Crippen LogP contribution in [-0.4, -0.2) is 27.3 Å². The smallest absolute Gasteiger partial charge is 0.267 e. The Bertz CT molecular complexity index is 1230. The van der Waals surface area contributed by atoms with Crippen molar-refractivity contribution < 1.29 is 4.79 Å². The fraction of sp³-hybridized carbons (Fsp3) is 0.174. The first-order valence-corrected chi connectivity index (χ1v) is 11.4. The molecule has 0 saturated heterocycles. The lowest BCUT2D eigenvalue weighted by molar-refractivity contribution is -0.120. The zero-order chi connectivity index (χ0) is 21.1. The summed E-state index contributed by atoms with van der Waals surface area (Å²) in [5.74, 6) is -0.0763. The molecule has 0 fully saturated rings. The molecule has 30 heavy (non-hydrogen) atoms. The number of hydrogen-bond donors (Lipinski definition) is 1. The van der Waals surface area contributed by atoms with Crippen molar-refractivity contribution in [3.05, 3.63) is 77.1 Å². The maximum atomic E-state index is 13.5. The first-order valence-electron chi connectivity index (χ1n) is 9.70. The molecule has 1 unspecified atom stereocenters. The molecule has 0 radical (unpaired) electrons. The molecule has 0 aliphatic carbocycles. The number of benzene rings is 2. The predicted octanol–water partition coefficient (Wildman–Crippen LogP) is 4.73. The number of hydrogen-bond acceptors (Lipinski definition) is 5. The van der Waals surface area contributed by atoms with E-state index in [9.17, 15) is 9.59 Å². The van der Waals surface area contributed by atoms with Gasteiger partial charge in [0.05, 0.1) is 16.3 Å². The summed E-state index contributed by atoms with van der Waals surface area (Å²) >= 11 is 2.78. The highest BCUT2D eigenvalue weighted by Crippen LogP contribution is 2.33. The van der Waals surface area contributed by atoms with Gasteiger partial charge in [0, 0.05) is 11.4 Å². The molecule has 5 nitrogen and oxygen atoms in total. The van der Waals surface area contributed by atoms with Crippen molar-refractivity contribution in [2.75, 3.05) is 6.54 Å². The number of amides is 1. The van der Waals surface area contributed by atoms with Crippen LogP contribution in [0.15, 0.2) is 76.7 Å². The SMILES string of the molecule is CCNC(=O)C(C)Sc1nc2sc(-c3ccccc3)cc2c(=O)n1-c1ccccc1. The molecule has 4 aromatic rings. The Morgan fingerprint density at radius 1 is 1.13 bits per heavy atom. The molecule has 1 amide bonds. The van der Waals surface area contributed by atoms with E-state index < -0.39 is 0 Å². The second kappa shape index (κ2) is 8.85. The van der Waals surface area contributed by atoms with E-state index in [1.54, 1.807) is 4.57 Å². The van der Waals surface area contributed by atoms with Crippen LogP contribution >= 0.6 is 23.1 Å². The molecule has 0 saturated carbocycles. The van der Waals surface area contributed by atoms with Crippen LogP contribution in [0, 0.1) is 0 Å². The summed E-state index contributed by atoms with van der Waals surface area (Å²) < 4.78 is 1.60. The number of carbonyl (C=O) groups excluding carboxylic acids is 1. The molecule has 0 bridgehead atoms. The van der Waals surface area contributed by atoms with Gasteiger partial charge in [-0.1, -0.05) is 60.3 Å². The van der Waals surface area contributed by atoms with Crippen LogP contribution < -0.4 is 10.9 Å². The summed E-state index contributed by atoms with van der Waals surface area (Å²) in [5.41, 5.74) is 1.65. The average Bonchev–Trinajstić information content (AvgIpc) is 3.20. The number of nitrogens with zero attached hydrogens (tertiary/aromatic N) is 2. The van der Waals surface area contributed by atoms with Crippen LogP contribution in [0.5, 0.6) is 0 Å². The summed E-state index contributed by atoms with van der Waals surface area (Å²) in [6, 6.07) is 21.3. The summed E-state index contributed by atoms with van der Waals surface area (Å²) in [6.45, 7) is 4.27. The summed E-state index contributed by atoms with van der Waals surface area (Å²) in [6.07, 6.45) is 0. The first kappa shape index (κ1) is 20.4. The lowest BCUT2D eigenvalue weighted by Gasteiger charge is -2.15. The van der Waals surface area contributed by atoms with Crippen molar-refractivity contribution in [2.24, 2.45) is 0 Å². The largest absolute Gasteiger partial charge is 0.355 e. The molecule has 2 heterocycles. The van der Waals surface area contributed by atoms with E-state index in [1.165, 1.54) is 23.1 Å². The van der Waals surface area contributed by atoms with Gasteiger partial charge in [0.1, 0.15) is 4.83 Å². The Balaban J connectivity index is 1.88. The fourth-order valence-electron chi connectivity index (χ4n) is 3.12. The number of nitrogens with one attached hydrogen (secondary N) is 1. The van der Waals surface area contributed by atoms with Gasteiger partial charge in [0.15, 0.2) is 5.16 Å². The predicted molar refractivity (Wildman–Crippen MR) is 125 cm³/mol. The van der Waals surface area contributed by atoms with Crippen LogP contribution in [0.4, 0.5) is 0 Å². The molecule has 0 spiro atoms. The van der Waals surface area contributed by atoms with Crippen molar-refractivity contribution in [3.63, 3.8) is 0 Å². The van der Waals surface area contributed by atoms with Gasteiger partial charge in [-0.25, -0.2) is 4.98 Å². The number of para-hydroxylation sites is 1. The third kappa shape index (κ3) is 4.04. The average molecular weight is 436 g/mol. The highest BCUT2D eigenvalue weighted by Gasteiger charge is 2.21. The Hall–Kier alpha value is -2.90. The lowest BCUT2D eigenvalue weighted by Crippen LogP contribution is -2.31. The van der Waals surface area contributed by atoms with Crippen LogP contribution in [-0.2, 0) is 4.79 Å². The molecule has 2 aromatic carbocycles. The second-order valence-corrected chi connectivity index (χ2v) is 9.06. The van der Waals surface area contributed by atoms with Gasteiger partial charge < -0.3 is 5.32 Å². The van der Waals surface area contributed by atoms with E-state index in [4.69, 9.17) is 4.98 Å². The summed E-state index contributed by atoms with van der Waals surface area (Å²) in [4.78, 5) is 32.3. The van der Waals surface area contributed by atoms with Crippen LogP contribution in [0.1, 0.15) is 13.8 Å².